The number of aryl methyl sites for hydroxylation is 1. The van der Waals surface area contributed by atoms with Gasteiger partial charge in [0.25, 0.3) is 5.91 Å². The molecule has 1 amide bonds. The second kappa shape index (κ2) is 6.72. The van der Waals surface area contributed by atoms with Crippen molar-refractivity contribution in [3.05, 3.63) is 64.6 Å². The Morgan fingerprint density at radius 3 is 2.96 bits per heavy atom. The molecule has 3 aromatic heterocycles. The summed E-state index contributed by atoms with van der Waals surface area (Å²) < 4.78 is 6.04. The predicted molar refractivity (Wildman–Crippen MR) is 100 cm³/mol. The highest BCUT2D eigenvalue weighted by molar-refractivity contribution is 7.05. The Kier molecular flexibility index (Phi) is 4.26. The van der Waals surface area contributed by atoms with Crippen molar-refractivity contribution in [3.63, 3.8) is 0 Å². The molecule has 0 saturated carbocycles. The number of hydrogen-bond acceptors (Lipinski definition) is 5. The Labute approximate surface area is 154 Å². The zero-order valence-corrected chi connectivity index (χ0v) is 15.3. The lowest BCUT2D eigenvalue weighted by Gasteiger charge is -2.14. The quantitative estimate of drug-likeness (QED) is 0.589. The standard InChI is InChI=1S/C18H18N6OS/c1-12-17(26-22-19-12)11-23(2)18(25)15-9-14(20-21-15)10-24-8-7-13-5-3-4-6-16(13)24/h3-9H,10-11H2,1-2H3,(H,20,21). The third kappa shape index (κ3) is 3.11. The van der Waals surface area contributed by atoms with Crippen LogP contribution in [0.4, 0.5) is 0 Å². The number of benzene rings is 1. The van der Waals surface area contributed by atoms with Crippen LogP contribution < -0.4 is 0 Å². The highest BCUT2D eigenvalue weighted by Gasteiger charge is 2.17. The van der Waals surface area contributed by atoms with Gasteiger partial charge in [0.05, 0.1) is 29.4 Å². The minimum Gasteiger partial charge on any atom is -0.341 e. The molecular weight excluding hydrogens is 348 g/mol. The predicted octanol–water partition coefficient (Wildman–Crippen LogP) is 2.84. The summed E-state index contributed by atoms with van der Waals surface area (Å²) >= 11 is 1.31. The van der Waals surface area contributed by atoms with Crippen LogP contribution in [0.15, 0.2) is 42.6 Å². The Bertz CT molecular complexity index is 1060. The molecule has 4 rings (SSSR count). The van der Waals surface area contributed by atoms with Crippen molar-refractivity contribution in [1.82, 2.24) is 29.3 Å². The van der Waals surface area contributed by atoms with Gasteiger partial charge in [-0.2, -0.15) is 5.10 Å². The molecule has 0 bridgehead atoms. The largest absolute Gasteiger partial charge is 0.341 e. The van der Waals surface area contributed by atoms with Crippen molar-refractivity contribution < 1.29 is 4.79 Å². The molecular formula is C18H18N6OS. The smallest absolute Gasteiger partial charge is 0.274 e. The molecule has 132 valence electrons. The third-order valence-electron chi connectivity index (χ3n) is 4.34. The molecule has 1 N–H and O–H groups in total. The minimum absolute atomic E-state index is 0.127. The maximum Gasteiger partial charge on any atom is 0.274 e. The van der Waals surface area contributed by atoms with Gasteiger partial charge in [-0.05, 0) is 42.0 Å². The van der Waals surface area contributed by atoms with E-state index in [9.17, 15) is 4.79 Å². The van der Waals surface area contributed by atoms with E-state index in [0.717, 1.165) is 21.8 Å². The first-order valence-electron chi connectivity index (χ1n) is 8.23. The molecule has 0 aliphatic heterocycles. The van der Waals surface area contributed by atoms with Crippen LogP contribution in [-0.4, -0.2) is 42.2 Å². The fourth-order valence-corrected chi connectivity index (χ4v) is 3.58. The second-order valence-electron chi connectivity index (χ2n) is 6.22. The number of aromatic nitrogens is 5. The van der Waals surface area contributed by atoms with Gasteiger partial charge in [-0.25, -0.2) is 0 Å². The maximum absolute atomic E-state index is 12.6. The Hall–Kier alpha value is -3.00. The number of hydrogen-bond donors (Lipinski definition) is 1. The van der Waals surface area contributed by atoms with E-state index in [2.05, 4.69) is 42.6 Å². The molecule has 0 atom stereocenters. The molecule has 0 spiro atoms. The van der Waals surface area contributed by atoms with E-state index >= 15 is 0 Å². The topological polar surface area (TPSA) is 79.7 Å². The summed E-state index contributed by atoms with van der Waals surface area (Å²) in [5.74, 6) is -0.127. The van der Waals surface area contributed by atoms with E-state index in [1.54, 1.807) is 11.9 Å². The Morgan fingerprint density at radius 1 is 1.31 bits per heavy atom. The van der Waals surface area contributed by atoms with E-state index in [4.69, 9.17) is 0 Å². The van der Waals surface area contributed by atoms with Gasteiger partial charge < -0.3 is 9.47 Å². The summed E-state index contributed by atoms with van der Waals surface area (Å²) in [4.78, 5) is 15.2. The molecule has 0 radical (unpaired) electrons. The van der Waals surface area contributed by atoms with Crippen LogP contribution in [0.3, 0.4) is 0 Å². The molecule has 4 aromatic rings. The summed E-state index contributed by atoms with van der Waals surface area (Å²) in [6, 6.07) is 12.1. The number of amides is 1. The van der Waals surface area contributed by atoms with Crippen LogP contribution in [0.25, 0.3) is 10.9 Å². The SMILES string of the molecule is Cc1nnsc1CN(C)C(=O)c1cc(Cn2ccc3ccccc32)[nH]n1. The number of nitrogens with zero attached hydrogens (tertiary/aromatic N) is 5. The Morgan fingerprint density at radius 2 is 2.15 bits per heavy atom. The van der Waals surface area contributed by atoms with Crippen LogP contribution in [-0.2, 0) is 13.1 Å². The molecule has 3 heterocycles. The number of rotatable bonds is 5. The number of H-pyrrole nitrogens is 1. The van der Waals surface area contributed by atoms with E-state index in [1.807, 2.05) is 31.3 Å². The van der Waals surface area contributed by atoms with Crippen molar-refractivity contribution >= 4 is 28.3 Å². The highest BCUT2D eigenvalue weighted by Crippen LogP contribution is 2.17. The molecule has 7 nitrogen and oxygen atoms in total. The first kappa shape index (κ1) is 16.5. The van der Waals surface area contributed by atoms with Crippen molar-refractivity contribution in [2.24, 2.45) is 0 Å². The van der Waals surface area contributed by atoms with Gasteiger partial charge in [0.2, 0.25) is 0 Å². The lowest BCUT2D eigenvalue weighted by molar-refractivity contribution is 0.0780. The van der Waals surface area contributed by atoms with E-state index < -0.39 is 0 Å². The van der Waals surface area contributed by atoms with Gasteiger partial charge in [-0.1, -0.05) is 22.7 Å². The number of aromatic amines is 1. The van der Waals surface area contributed by atoms with Gasteiger partial charge in [0, 0.05) is 18.8 Å². The van der Waals surface area contributed by atoms with Gasteiger partial charge in [-0.3, -0.25) is 9.89 Å². The molecule has 26 heavy (non-hydrogen) atoms. The molecule has 0 fully saturated rings. The normalized spacial score (nSPS) is 11.2. The molecule has 1 aromatic carbocycles. The van der Waals surface area contributed by atoms with Gasteiger partial charge in [0.1, 0.15) is 5.69 Å². The summed E-state index contributed by atoms with van der Waals surface area (Å²) in [5.41, 5.74) is 3.31. The molecule has 0 unspecified atom stereocenters. The van der Waals surface area contributed by atoms with Crippen LogP contribution in [0, 0.1) is 6.92 Å². The zero-order valence-electron chi connectivity index (χ0n) is 14.5. The molecule has 0 aliphatic carbocycles. The number of carbonyl (C=O) groups excluding carboxylic acids is 1. The van der Waals surface area contributed by atoms with Crippen LogP contribution in [0.5, 0.6) is 0 Å². The monoisotopic (exact) mass is 366 g/mol. The van der Waals surface area contributed by atoms with Crippen molar-refractivity contribution in [3.8, 4) is 0 Å². The number of nitrogens with one attached hydrogen (secondary N) is 1. The zero-order chi connectivity index (χ0) is 18.1. The van der Waals surface area contributed by atoms with E-state index in [1.165, 1.54) is 16.9 Å². The second-order valence-corrected chi connectivity index (χ2v) is 7.06. The average molecular weight is 366 g/mol. The summed E-state index contributed by atoms with van der Waals surface area (Å²) in [5, 5.41) is 12.3. The highest BCUT2D eigenvalue weighted by atomic mass is 32.1. The first-order valence-corrected chi connectivity index (χ1v) is 9.00. The van der Waals surface area contributed by atoms with Gasteiger partial charge in [-0.15, -0.1) is 5.10 Å². The first-order chi connectivity index (χ1) is 12.6. The fourth-order valence-electron chi connectivity index (χ4n) is 2.89. The van der Waals surface area contributed by atoms with Crippen molar-refractivity contribution in [2.45, 2.75) is 20.0 Å². The minimum atomic E-state index is -0.127. The molecule has 0 saturated heterocycles. The van der Waals surface area contributed by atoms with Gasteiger partial charge >= 0.3 is 0 Å². The van der Waals surface area contributed by atoms with Gasteiger partial charge in [0.15, 0.2) is 0 Å². The number of para-hydroxylation sites is 1. The van der Waals surface area contributed by atoms with Crippen molar-refractivity contribution in [2.75, 3.05) is 7.05 Å². The molecule has 8 heteroatoms. The number of fused-ring (bicyclic) bond motifs is 1. The fraction of sp³-hybridized carbons (Fsp3) is 0.222. The lowest BCUT2D eigenvalue weighted by Crippen LogP contribution is -2.26. The van der Waals surface area contributed by atoms with Crippen LogP contribution in [0.2, 0.25) is 0 Å². The van der Waals surface area contributed by atoms with E-state index in [0.29, 0.717) is 18.8 Å². The maximum atomic E-state index is 12.6. The van der Waals surface area contributed by atoms with Crippen LogP contribution >= 0.6 is 11.5 Å². The third-order valence-corrected chi connectivity index (χ3v) is 5.15. The van der Waals surface area contributed by atoms with Crippen LogP contribution in [0.1, 0.15) is 26.8 Å². The lowest BCUT2D eigenvalue weighted by atomic mass is 10.2. The van der Waals surface area contributed by atoms with E-state index in [-0.39, 0.29) is 5.91 Å². The van der Waals surface area contributed by atoms with Crippen molar-refractivity contribution in [1.29, 1.82) is 0 Å². The average Bonchev–Trinajstić information content (AvgIpc) is 3.37. The molecule has 0 aliphatic rings. The summed E-state index contributed by atoms with van der Waals surface area (Å²) in [6.45, 7) is 3.01. The summed E-state index contributed by atoms with van der Waals surface area (Å²) in [6.07, 6.45) is 2.04. The Balaban J connectivity index is 1.48. The number of carbonyl (C=O) groups is 1. The summed E-state index contributed by atoms with van der Waals surface area (Å²) in [7, 11) is 1.76.